The normalized spacial score (nSPS) is 23.5. The molecule has 14 heteroatoms. The van der Waals surface area contributed by atoms with Gasteiger partial charge in [-0.3, -0.25) is 0 Å². The molecule has 6 atom stereocenters. The standard InChI is InChI=1S/C32H30O12S2/c33-15-9-21(39)25-23(11-15)43-29(13-1-3-17(35)19(37)7-13)27(41)31(25)45-5-6-46-32-26-22(40)10-16(34)12-24(26)44-30(28(32)42)14-2-4-18(36)20(38)8-14/h1-4,7-12,27-42H,5-6H2. The number of phenolic OH excluding ortho intramolecular Hbond substituents is 8. The zero-order valence-corrected chi connectivity index (χ0v) is 25.4. The topological polar surface area (TPSA) is 221 Å². The molecule has 4 aromatic carbocycles. The highest BCUT2D eigenvalue weighted by atomic mass is 32.2. The second kappa shape index (κ2) is 12.4. The smallest absolute Gasteiger partial charge is 0.157 e. The van der Waals surface area contributed by atoms with Gasteiger partial charge in [0.25, 0.3) is 0 Å². The molecule has 4 aromatic rings. The summed E-state index contributed by atoms with van der Waals surface area (Å²) in [5, 5.41) is 103. The van der Waals surface area contributed by atoms with Gasteiger partial charge in [-0.05, 0) is 35.4 Å². The van der Waals surface area contributed by atoms with Gasteiger partial charge < -0.3 is 60.5 Å². The first kappa shape index (κ1) is 31.5. The van der Waals surface area contributed by atoms with Gasteiger partial charge in [0.2, 0.25) is 0 Å². The summed E-state index contributed by atoms with van der Waals surface area (Å²) in [4.78, 5) is 0. The molecule has 6 rings (SSSR count). The highest BCUT2D eigenvalue weighted by molar-refractivity contribution is 8.03. The molecule has 0 radical (unpaired) electrons. The van der Waals surface area contributed by atoms with Crippen molar-refractivity contribution in [1.82, 2.24) is 0 Å². The first-order chi connectivity index (χ1) is 21.9. The molecule has 12 nitrogen and oxygen atoms in total. The maximum Gasteiger partial charge on any atom is 0.157 e. The largest absolute Gasteiger partial charge is 0.508 e. The van der Waals surface area contributed by atoms with Crippen molar-refractivity contribution >= 4 is 23.5 Å². The minimum Gasteiger partial charge on any atom is -0.508 e. The predicted octanol–water partition coefficient (Wildman–Crippen LogP) is 4.57. The van der Waals surface area contributed by atoms with Gasteiger partial charge >= 0.3 is 0 Å². The van der Waals surface area contributed by atoms with Crippen molar-refractivity contribution in [3.8, 4) is 57.5 Å². The van der Waals surface area contributed by atoms with Crippen LogP contribution in [0.15, 0.2) is 60.7 Å². The highest BCUT2D eigenvalue weighted by Gasteiger charge is 2.43. The number of phenols is 8. The Kier molecular flexibility index (Phi) is 8.46. The van der Waals surface area contributed by atoms with Gasteiger partial charge in [-0.15, -0.1) is 23.5 Å². The maximum absolute atomic E-state index is 11.4. The van der Waals surface area contributed by atoms with E-state index in [1.165, 1.54) is 72.1 Å². The van der Waals surface area contributed by atoms with Crippen molar-refractivity contribution in [1.29, 1.82) is 0 Å². The fourth-order valence-corrected chi connectivity index (χ4v) is 8.48. The van der Waals surface area contributed by atoms with Gasteiger partial charge in [0, 0.05) is 35.8 Å². The minimum atomic E-state index is -1.24. The molecular formula is C32H30O12S2. The van der Waals surface area contributed by atoms with Crippen molar-refractivity contribution in [3.05, 3.63) is 82.9 Å². The number of aromatic hydroxyl groups is 8. The molecule has 2 aliphatic rings. The molecule has 0 saturated heterocycles. The summed E-state index contributed by atoms with van der Waals surface area (Å²) in [5.41, 5.74) is 1.22. The lowest BCUT2D eigenvalue weighted by Crippen LogP contribution is -2.34. The van der Waals surface area contributed by atoms with E-state index in [0.717, 1.165) is 12.1 Å². The minimum absolute atomic E-state index is 0.129. The number of thioether (sulfide) groups is 2. The Balaban J connectivity index is 1.25. The number of rotatable bonds is 7. The Labute approximate surface area is 270 Å². The van der Waals surface area contributed by atoms with Crippen LogP contribution in [0.1, 0.15) is 45.0 Å². The average Bonchev–Trinajstić information content (AvgIpc) is 2.99. The number of hydrogen-bond donors (Lipinski definition) is 10. The van der Waals surface area contributed by atoms with Gasteiger partial charge in [-0.1, -0.05) is 12.1 Å². The fraction of sp³-hybridized carbons (Fsp3) is 0.250. The van der Waals surface area contributed by atoms with Crippen LogP contribution in [0, 0.1) is 0 Å². The van der Waals surface area contributed by atoms with Crippen molar-refractivity contribution < 1.29 is 60.5 Å². The van der Waals surface area contributed by atoms with Crippen LogP contribution in [-0.2, 0) is 0 Å². The van der Waals surface area contributed by atoms with E-state index >= 15 is 0 Å². The SMILES string of the molecule is Oc1cc(O)c2c(c1)OC(c1ccc(O)c(O)c1)C(O)C2SCCSC1c2c(O)cc(O)cc2OC(c2ccc(O)c(O)c2)C1O. The molecule has 2 aliphatic heterocycles. The Morgan fingerprint density at radius 1 is 0.478 bits per heavy atom. The van der Waals surface area contributed by atoms with E-state index in [1.54, 1.807) is 0 Å². The lowest BCUT2D eigenvalue weighted by Gasteiger charge is -2.38. The molecule has 2 heterocycles. The summed E-state index contributed by atoms with van der Waals surface area (Å²) in [7, 11) is 0. The van der Waals surface area contributed by atoms with Crippen LogP contribution in [0.3, 0.4) is 0 Å². The number of hydrogen-bond acceptors (Lipinski definition) is 14. The lowest BCUT2D eigenvalue weighted by atomic mass is 9.93. The van der Waals surface area contributed by atoms with Gasteiger partial charge in [0.15, 0.2) is 35.2 Å². The second-order valence-electron chi connectivity index (χ2n) is 10.9. The third kappa shape index (κ3) is 5.80. The van der Waals surface area contributed by atoms with Crippen molar-refractivity contribution in [2.75, 3.05) is 11.5 Å². The summed E-state index contributed by atoms with van der Waals surface area (Å²) < 4.78 is 11.9. The molecule has 0 saturated carbocycles. The molecule has 242 valence electrons. The van der Waals surface area contributed by atoms with Crippen LogP contribution in [0.25, 0.3) is 0 Å². The molecule has 10 N–H and O–H groups in total. The molecule has 0 spiro atoms. The molecule has 0 fully saturated rings. The first-order valence-corrected chi connectivity index (χ1v) is 16.1. The summed E-state index contributed by atoms with van der Waals surface area (Å²) in [6.45, 7) is 0. The summed E-state index contributed by atoms with van der Waals surface area (Å²) >= 11 is 2.54. The highest BCUT2D eigenvalue weighted by Crippen LogP contribution is 2.55. The van der Waals surface area contributed by atoms with E-state index in [-0.39, 0.29) is 57.1 Å². The quantitative estimate of drug-likeness (QED) is 0.0962. The third-order valence-corrected chi connectivity index (χ3v) is 10.7. The van der Waals surface area contributed by atoms with Crippen LogP contribution < -0.4 is 9.47 Å². The van der Waals surface area contributed by atoms with Crippen LogP contribution >= 0.6 is 23.5 Å². The Hall–Kier alpha value is -4.50. The third-order valence-electron chi connectivity index (χ3n) is 7.86. The monoisotopic (exact) mass is 670 g/mol. The van der Waals surface area contributed by atoms with E-state index in [0.29, 0.717) is 22.6 Å². The summed E-state index contributed by atoms with van der Waals surface area (Å²) in [6.07, 6.45) is -4.53. The lowest BCUT2D eigenvalue weighted by molar-refractivity contribution is 0.0173. The molecule has 6 unspecified atom stereocenters. The van der Waals surface area contributed by atoms with Gasteiger partial charge in [0.05, 0.1) is 21.6 Å². The molecule has 0 bridgehead atoms. The number of aliphatic hydroxyl groups excluding tert-OH is 2. The van der Waals surface area contributed by atoms with E-state index in [2.05, 4.69) is 0 Å². The Morgan fingerprint density at radius 3 is 1.24 bits per heavy atom. The van der Waals surface area contributed by atoms with Crippen molar-refractivity contribution in [2.45, 2.75) is 34.9 Å². The number of ether oxygens (including phenoxy) is 2. The second-order valence-corrected chi connectivity index (χ2v) is 13.4. The van der Waals surface area contributed by atoms with E-state index in [9.17, 15) is 51.1 Å². The van der Waals surface area contributed by atoms with Gasteiger partial charge in [0.1, 0.15) is 46.7 Å². The Morgan fingerprint density at radius 2 is 0.870 bits per heavy atom. The van der Waals surface area contributed by atoms with E-state index < -0.39 is 46.4 Å². The molecule has 0 amide bonds. The van der Waals surface area contributed by atoms with Gasteiger partial charge in [-0.25, -0.2) is 0 Å². The zero-order valence-electron chi connectivity index (χ0n) is 23.8. The number of aliphatic hydroxyl groups is 2. The molecule has 0 aliphatic carbocycles. The maximum atomic E-state index is 11.4. The number of benzene rings is 4. The van der Waals surface area contributed by atoms with Crippen LogP contribution in [0.5, 0.6) is 57.5 Å². The number of fused-ring (bicyclic) bond motifs is 2. The van der Waals surface area contributed by atoms with E-state index in [1.807, 2.05) is 0 Å². The van der Waals surface area contributed by atoms with E-state index in [4.69, 9.17) is 9.47 Å². The van der Waals surface area contributed by atoms with Crippen LogP contribution in [0.2, 0.25) is 0 Å². The van der Waals surface area contributed by atoms with Crippen LogP contribution in [-0.4, -0.2) is 74.8 Å². The molecule has 0 aromatic heterocycles. The van der Waals surface area contributed by atoms with Crippen LogP contribution in [0.4, 0.5) is 0 Å². The average molecular weight is 671 g/mol. The molecule has 46 heavy (non-hydrogen) atoms. The zero-order chi connectivity index (χ0) is 32.9. The van der Waals surface area contributed by atoms with Crippen molar-refractivity contribution in [3.63, 3.8) is 0 Å². The van der Waals surface area contributed by atoms with Crippen molar-refractivity contribution in [2.24, 2.45) is 0 Å². The summed E-state index contributed by atoms with van der Waals surface area (Å²) in [6, 6.07) is 12.9. The predicted molar refractivity (Wildman–Crippen MR) is 168 cm³/mol. The van der Waals surface area contributed by atoms with Gasteiger partial charge in [-0.2, -0.15) is 0 Å². The fourth-order valence-electron chi connectivity index (χ4n) is 5.71. The Bertz CT molecular complexity index is 1650. The molecular weight excluding hydrogens is 640 g/mol. The summed E-state index contributed by atoms with van der Waals surface area (Å²) in [5.74, 6) is -1.65. The first-order valence-electron chi connectivity index (χ1n) is 14.0.